The predicted molar refractivity (Wildman–Crippen MR) is 73.1 cm³/mol. The van der Waals surface area contributed by atoms with Crippen LogP contribution in [0.3, 0.4) is 0 Å². The second-order valence-corrected chi connectivity index (χ2v) is 4.37. The van der Waals surface area contributed by atoms with Gasteiger partial charge in [-0.05, 0) is 11.1 Å². The average Bonchev–Trinajstić information content (AvgIpc) is 2.66. The number of amides is 2. The number of hydrogen-bond acceptors (Lipinski definition) is 3. The molecule has 2 N–H and O–H groups in total. The third-order valence-electron chi connectivity index (χ3n) is 2.99. The van der Waals surface area contributed by atoms with Gasteiger partial charge in [-0.25, -0.2) is 4.79 Å². The maximum atomic E-state index is 11.8. The van der Waals surface area contributed by atoms with Crippen molar-refractivity contribution in [2.75, 3.05) is 13.7 Å². The van der Waals surface area contributed by atoms with Crippen molar-refractivity contribution in [3.05, 3.63) is 48.0 Å². The summed E-state index contributed by atoms with van der Waals surface area (Å²) in [5.74, 6) is 0.196. The smallest absolute Gasteiger partial charge is 0.323 e. The van der Waals surface area contributed by atoms with E-state index in [0.717, 1.165) is 11.1 Å². The second kappa shape index (κ2) is 5.67. The van der Waals surface area contributed by atoms with Crippen molar-refractivity contribution in [1.29, 1.82) is 5.41 Å². The van der Waals surface area contributed by atoms with E-state index in [0.29, 0.717) is 13.2 Å². The van der Waals surface area contributed by atoms with Crippen molar-refractivity contribution >= 4 is 11.9 Å². The zero-order chi connectivity index (χ0) is 13.8. The lowest BCUT2D eigenvalue weighted by molar-refractivity contribution is 0.184. The summed E-state index contributed by atoms with van der Waals surface area (Å²) in [6.07, 6.45) is 1.66. The molecule has 1 saturated heterocycles. The van der Waals surface area contributed by atoms with Crippen LogP contribution in [0.25, 0.3) is 0 Å². The Kier molecular flexibility index (Phi) is 3.97. The molecular formula is C14H17N3O2. The van der Waals surface area contributed by atoms with Gasteiger partial charge in [0, 0.05) is 13.7 Å². The van der Waals surface area contributed by atoms with Crippen LogP contribution in [0.1, 0.15) is 17.2 Å². The summed E-state index contributed by atoms with van der Waals surface area (Å²) in [4.78, 5) is 13.4. The van der Waals surface area contributed by atoms with Gasteiger partial charge < -0.3 is 9.64 Å². The largest absolute Gasteiger partial charge is 0.380 e. The van der Waals surface area contributed by atoms with Crippen LogP contribution in [-0.2, 0) is 11.3 Å². The Labute approximate surface area is 112 Å². The van der Waals surface area contributed by atoms with Crippen molar-refractivity contribution in [1.82, 2.24) is 10.2 Å². The number of carbonyl (C=O) groups excluding carboxylic acids is 1. The fourth-order valence-electron chi connectivity index (χ4n) is 2.22. The van der Waals surface area contributed by atoms with Crippen molar-refractivity contribution in [3.8, 4) is 0 Å². The van der Waals surface area contributed by atoms with E-state index in [2.05, 4.69) is 11.9 Å². The lowest BCUT2D eigenvalue weighted by atomic mass is 10.0. The summed E-state index contributed by atoms with van der Waals surface area (Å²) in [5, 5.41) is 10.5. The van der Waals surface area contributed by atoms with Crippen LogP contribution in [0.2, 0.25) is 0 Å². The Balaban J connectivity index is 2.32. The van der Waals surface area contributed by atoms with E-state index in [4.69, 9.17) is 10.1 Å². The van der Waals surface area contributed by atoms with Crippen molar-refractivity contribution < 1.29 is 9.53 Å². The Morgan fingerprint density at radius 2 is 2.37 bits per heavy atom. The number of amidine groups is 1. The number of carbonyl (C=O) groups is 1. The minimum absolute atomic E-state index is 0.196. The summed E-state index contributed by atoms with van der Waals surface area (Å²) in [6, 6.07) is 7.10. The topological polar surface area (TPSA) is 65.4 Å². The Hall–Kier alpha value is -2.14. The number of ether oxygens (including phenoxy) is 1. The van der Waals surface area contributed by atoms with E-state index in [1.165, 1.54) is 0 Å². The highest BCUT2D eigenvalue weighted by molar-refractivity contribution is 6.06. The number of methoxy groups -OCH3 is 1. The molecule has 5 nitrogen and oxygen atoms in total. The fourth-order valence-corrected chi connectivity index (χ4v) is 2.22. The maximum Gasteiger partial charge on any atom is 0.323 e. The molecule has 1 aliphatic rings. The van der Waals surface area contributed by atoms with E-state index in [1.807, 2.05) is 24.3 Å². The van der Waals surface area contributed by atoms with Crippen molar-refractivity contribution in [3.63, 3.8) is 0 Å². The molecule has 0 saturated carbocycles. The van der Waals surface area contributed by atoms with Crippen LogP contribution < -0.4 is 5.32 Å². The molecule has 19 heavy (non-hydrogen) atoms. The third kappa shape index (κ3) is 2.66. The molecule has 0 aromatic heterocycles. The number of hydrogen-bond donors (Lipinski definition) is 2. The summed E-state index contributed by atoms with van der Waals surface area (Å²) in [7, 11) is 1.64. The van der Waals surface area contributed by atoms with Gasteiger partial charge in [-0.15, -0.1) is 6.58 Å². The Morgan fingerprint density at radius 1 is 1.58 bits per heavy atom. The molecule has 5 heteroatoms. The van der Waals surface area contributed by atoms with Crippen molar-refractivity contribution in [2.24, 2.45) is 0 Å². The third-order valence-corrected chi connectivity index (χ3v) is 2.99. The summed E-state index contributed by atoms with van der Waals surface area (Å²) in [5.41, 5.74) is 1.92. The first-order valence-corrected chi connectivity index (χ1v) is 6.02. The second-order valence-electron chi connectivity index (χ2n) is 4.37. The molecule has 0 aliphatic carbocycles. The molecule has 2 amide bonds. The molecule has 0 bridgehead atoms. The van der Waals surface area contributed by atoms with E-state index in [-0.39, 0.29) is 17.9 Å². The molecule has 1 heterocycles. The van der Waals surface area contributed by atoms with Gasteiger partial charge >= 0.3 is 6.03 Å². The van der Waals surface area contributed by atoms with Crippen LogP contribution in [0.4, 0.5) is 4.79 Å². The van der Waals surface area contributed by atoms with Gasteiger partial charge in [0.25, 0.3) is 0 Å². The van der Waals surface area contributed by atoms with Gasteiger partial charge in [-0.1, -0.05) is 30.3 Å². The lowest BCUT2D eigenvalue weighted by Gasteiger charge is -2.21. The molecule has 100 valence electrons. The minimum Gasteiger partial charge on any atom is -0.380 e. The summed E-state index contributed by atoms with van der Waals surface area (Å²) < 4.78 is 5.10. The molecule has 1 aromatic rings. The van der Waals surface area contributed by atoms with Gasteiger partial charge in [0.2, 0.25) is 0 Å². The first-order chi connectivity index (χ1) is 9.17. The zero-order valence-electron chi connectivity index (χ0n) is 10.8. The molecule has 2 rings (SSSR count). The first-order valence-electron chi connectivity index (χ1n) is 6.02. The normalized spacial score (nSPS) is 18.6. The van der Waals surface area contributed by atoms with Gasteiger partial charge in [0.05, 0.1) is 6.61 Å². The van der Waals surface area contributed by atoms with E-state index in [9.17, 15) is 4.79 Å². The number of nitrogens with one attached hydrogen (secondary N) is 2. The SMILES string of the molecule is C=CCN1C(=O)NC(=N)C1c1cccc(COC)c1. The van der Waals surface area contributed by atoms with Gasteiger partial charge in [0.1, 0.15) is 11.9 Å². The highest BCUT2D eigenvalue weighted by Gasteiger charge is 2.35. The quantitative estimate of drug-likeness (QED) is 0.795. The van der Waals surface area contributed by atoms with Crippen molar-refractivity contribution in [2.45, 2.75) is 12.6 Å². The van der Waals surface area contributed by atoms with Crippen LogP contribution in [-0.4, -0.2) is 30.4 Å². The molecule has 1 fully saturated rings. The van der Waals surface area contributed by atoms with Gasteiger partial charge in [0.15, 0.2) is 0 Å². The lowest BCUT2D eigenvalue weighted by Crippen LogP contribution is -2.29. The Morgan fingerprint density at radius 3 is 3.05 bits per heavy atom. The number of nitrogens with zero attached hydrogens (tertiary/aromatic N) is 1. The molecule has 0 spiro atoms. The van der Waals surface area contributed by atoms with Gasteiger partial charge in [-0.3, -0.25) is 10.7 Å². The fraction of sp³-hybridized carbons (Fsp3) is 0.286. The van der Waals surface area contributed by atoms with Crippen LogP contribution in [0.5, 0.6) is 0 Å². The summed E-state index contributed by atoms with van der Waals surface area (Å²) in [6.45, 7) is 4.57. The molecule has 1 aliphatic heterocycles. The van der Waals surface area contributed by atoms with Gasteiger partial charge in [-0.2, -0.15) is 0 Å². The number of rotatable bonds is 5. The molecule has 1 aromatic carbocycles. The molecular weight excluding hydrogens is 242 g/mol. The van der Waals surface area contributed by atoms with E-state index >= 15 is 0 Å². The number of urea groups is 1. The predicted octanol–water partition coefficient (Wildman–Crippen LogP) is 2.06. The monoisotopic (exact) mass is 259 g/mol. The zero-order valence-corrected chi connectivity index (χ0v) is 10.8. The van der Waals surface area contributed by atoms with E-state index in [1.54, 1.807) is 18.1 Å². The number of benzene rings is 1. The highest BCUT2D eigenvalue weighted by atomic mass is 16.5. The molecule has 1 unspecified atom stereocenters. The summed E-state index contributed by atoms with van der Waals surface area (Å²) >= 11 is 0. The van der Waals surface area contributed by atoms with E-state index < -0.39 is 0 Å². The minimum atomic E-state index is -0.373. The maximum absolute atomic E-state index is 11.8. The van der Waals surface area contributed by atoms with Crippen LogP contribution in [0, 0.1) is 5.41 Å². The molecule has 0 radical (unpaired) electrons. The Bertz CT molecular complexity index is 513. The highest BCUT2D eigenvalue weighted by Crippen LogP contribution is 2.26. The van der Waals surface area contributed by atoms with Crippen LogP contribution >= 0.6 is 0 Å². The average molecular weight is 259 g/mol. The molecule has 1 atom stereocenters. The standard InChI is InChI=1S/C14H17N3O2/c1-3-7-17-12(13(15)16-14(17)18)11-6-4-5-10(8-11)9-19-2/h3-6,8,12H,1,7,9H2,2H3,(H2,15,16,18). The first kappa shape index (κ1) is 13.3. The van der Waals surface area contributed by atoms with Crippen LogP contribution in [0.15, 0.2) is 36.9 Å².